The van der Waals surface area contributed by atoms with Gasteiger partial charge in [0.25, 0.3) is 0 Å². The molecule has 0 fully saturated rings. The summed E-state index contributed by atoms with van der Waals surface area (Å²) in [6.45, 7) is 2.05. The zero-order valence-corrected chi connectivity index (χ0v) is 10.7. The SMILES string of the molecule is CCn1cc(C(C)N(CC(=O)O)CC(F)(F)F)cn1. The normalized spacial score (nSPS) is 13.8. The standard InChI is InChI=1S/C11H16F3N3O2/c1-3-17-5-9(4-15-17)8(2)16(6-10(18)19)7-11(12,13)14/h4-5,8H,3,6-7H2,1-2H3,(H,18,19). The highest BCUT2D eigenvalue weighted by Gasteiger charge is 2.34. The first-order valence-electron chi connectivity index (χ1n) is 5.78. The smallest absolute Gasteiger partial charge is 0.401 e. The highest BCUT2D eigenvalue weighted by Crippen LogP contribution is 2.25. The van der Waals surface area contributed by atoms with E-state index >= 15 is 0 Å². The molecule has 1 heterocycles. The van der Waals surface area contributed by atoms with Crippen molar-refractivity contribution in [1.29, 1.82) is 0 Å². The molecule has 1 aromatic heterocycles. The van der Waals surface area contributed by atoms with Gasteiger partial charge in [-0.2, -0.15) is 18.3 Å². The van der Waals surface area contributed by atoms with Crippen LogP contribution >= 0.6 is 0 Å². The Morgan fingerprint density at radius 2 is 2.21 bits per heavy atom. The average molecular weight is 279 g/mol. The molecule has 0 saturated carbocycles. The average Bonchev–Trinajstić information content (AvgIpc) is 2.73. The summed E-state index contributed by atoms with van der Waals surface area (Å²) in [7, 11) is 0. The minimum absolute atomic E-state index is 0.562. The highest BCUT2D eigenvalue weighted by molar-refractivity contribution is 5.69. The van der Waals surface area contributed by atoms with E-state index in [1.54, 1.807) is 10.9 Å². The maximum absolute atomic E-state index is 12.4. The molecule has 0 saturated heterocycles. The molecule has 19 heavy (non-hydrogen) atoms. The summed E-state index contributed by atoms with van der Waals surface area (Å²) in [6, 6.07) is -0.668. The summed E-state index contributed by atoms with van der Waals surface area (Å²) in [6.07, 6.45) is -1.36. The number of nitrogens with zero attached hydrogens (tertiary/aromatic N) is 3. The Hall–Kier alpha value is -1.57. The molecule has 0 aliphatic heterocycles. The molecule has 1 aromatic rings. The van der Waals surface area contributed by atoms with E-state index in [4.69, 9.17) is 5.11 Å². The largest absolute Gasteiger partial charge is 0.480 e. The molecule has 0 aliphatic carbocycles. The predicted octanol–water partition coefficient (Wildman–Crippen LogP) is 1.91. The Morgan fingerprint density at radius 3 is 2.63 bits per heavy atom. The maximum Gasteiger partial charge on any atom is 0.401 e. The highest BCUT2D eigenvalue weighted by atomic mass is 19.4. The fourth-order valence-corrected chi connectivity index (χ4v) is 1.71. The summed E-state index contributed by atoms with van der Waals surface area (Å²) in [4.78, 5) is 11.5. The van der Waals surface area contributed by atoms with Crippen LogP contribution in [0.15, 0.2) is 12.4 Å². The number of hydrogen-bond donors (Lipinski definition) is 1. The van der Waals surface area contributed by atoms with Crippen LogP contribution in [-0.2, 0) is 11.3 Å². The second kappa shape index (κ2) is 6.05. The molecule has 0 aliphatic rings. The number of aryl methyl sites for hydroxylation is 1. The summed E-state index contributed by atoms with van der Waals surface area (Å²) in [5, 5.41) is 12.7. The van der Waals surface area contributed by atoms with Crippen molar-refractivity contribution in [2.75, 3.05) is 13.1 Å². The zero-order chi connectivity index (χ0) is 14.6. The quantitative estimate of drug-likeness (QED) is 0.864. The molecule has 0 aromatic carbocycles. The van der Waals surface area contributed by atoms with Crippen LogP contribution in [0.25, 0.3) is 0 Å². The molecule has 0 bridgehead atoms. The van der Waals surface area contributed by atoms with Crippen LogP contribution in [0, 0.1) is 0 Å². The number of carbonyl (C=O) groups is 1. The second-order valence-electron chi connectivity index (χ2n) is 4.22. The van der Waals surface area contributed by atoms with Crippen LogP contribution in [0.1, 0.15) is 25.5 Å². The third kappa shape index (κ3) is 4.90. The number of rotatable bonds is 6. The number of alkyl halides is 3. The van der Waals surface area contributed by atoms with Crippen molar-refractivity contribution < 1.29 is 23.1 Å². The fraction of sp³-hybridized carbons (Fsp3) is 0.636. The Bertz CT molecular complexity index is 431. The van der Waals surface area contributed by atoms with Gasteiger partial charge in [0.05, 0.1) is 19.3 Å². The number of aromatic nitrogens is 2. The Labute approximate surface area is 108 Å². The van der Waals surface area contributed by atoms with Crippen LogP contribution < -0.4 is 0 Å². The Kier molecular flexibility index (Phi) is 4.93. The Balaban J connectivity index is 2.86. The number of hydrogen-bond acceptors (Lipinski definition) is 3. The molecule has 0 radical (unpaired) electrons. The molecule has 0 amide bonds. The van der Waals surface area contributed by atoms with Gasteiger partial charge >= 0.3 is 12.1 Å². The van der Waals surface area contributed by atoms with Crippen molar-refractivity contribution in [3.8, 4) is 0 Å². The van der Waals surface area contributed by atoms with E-state index in [1.807, 2.05) is 6.92 Å². The summed E-state index contributed by atoms with van der Waals surface area (Å²) in [5.41, 5.74) is 0.562. The van der Waals surface area contributed by atoms with E-state index in [9.17, 15) is 18.0 Å². The van der Waals surface area contributed by atoms with E-state index < -0.39 is 31.3 Å². The molecule has 1 N–H and O–H groups in total. The Morgan fingerprint density at radius 1 is 1.58 bits per heavy atom. The molecular formula is C11H16F3N3O2. The minimum Gasteiger partial charge on any atom is -0.480 e. The van der Waals surface area contributed by atoms with Gasteiger partial charge in [0.2, 0.25) is 0 Å². The first kappa shape index (κ1) is 15.5. The van der Waals surface area contributed by atoms with E-state index in [-0.39, 0.29) is 0 Å². The number of carboxylic acid groups (broad SMARTS) is 1. The van der Waals surface area contributed by atoms with E-state index in [1.165, 1.54) is 13.1 Å². The van der Waals surface area contributed by atoms with Gasteiger partial charge in [0, 0.05) is 24.3 Å². The third-order valence-corrected chi connectivity index (χ3v) is 2.73. The van der Waals surface area contributed by atoms with Crippen molar-refractivity contribution in [2.24, 2.45) is 0 Å². The molecule has 1 rings (SSSR count). The first-order chi connectivity index (χ1) is 8.73. The summed E-state index contributed by atoms with van der Waals surface area (Å²) >= 11 is 0. The van der Waals surface area contributed by atoms with Gasteiger partial charge in [0.1, 0.15) is 0 Å². The third-order valence-electron chi connectivity index (χ3n) is 2.73. The minimum atomic E-state index is -4.44. The topological polar surface area (TPSA) is 58.4 Å². The van der Waals surface area contributed by atoms with Gasteiger partial charge in [-0.3, -0.25) is 14.4 Å². The van der Waals surface area contributed by atoms with Crippen molar-refractivity contribution in [1.82, 2.24) is 14.7 Å². The van der Waals surface area contributed by atoms with E-state index in [0.29, 0.717) is 12.1 Å². The van der Waals surface area contributed by atoms with Gasteiger partial charge in [-0.15, -0.1) is 0 Å². The molecule has 8 heteroatoms. The van der Waals surface area contributed by atoms with Crippen LogP contribution in [0.3, 0.4) is 0 Å². The van der Waals surface area contributed by atoms with Crippen LogP contribution in [0.2, 0.25) is 0 Å². The van der Waals surface area contributed by atoms with Crippen LogP contribution in [0.4, 0.5) is 13.2 Å². The lowest BCUT2D eigenvalue weighted by Gasteiger charge is -2.27. The van der Waals surface area contributed by atoms with Gasteiger partial charge in [-0.25, -0.2) is 0 Å². The predicted molar refractivity (Wildman–Crippen MR) is 61.6 cm³/mol. The number of carboxylic acids is 1. The molecule has 5 nitrogen and oxygen atoms in total. The lowest BCUT2D eigenvalue weighted by Crippen LogP contribution is -2.39. The zero-order valence-electron chi connectivity index (χ0n) is 10.7. The van der Waals surface area contributed by atoms with Crippen molar-refractivity contribution in [2.45, 2.75) is 32.6 Å². The second-order valence-corrected chi connectivity index (χ2v) is 4.22. The number of aliphatic carboxylic acids is 1. The summed E-state index contributed by atoms with van der Waals surface area (Å²) < 4.78 is 38.9. The van der Waals surface area contributed by atoms with Crippen molar-refractivity contribution in [3.63, 3.8) is 0 Å². The monoisotopic (exact) mass is 279 g/mol. The molecule has 0 spiro atoms. The summed E-state index contributed by atoms with van der Waals surface area (Å²) in [5.74, 6) is -1.29. The van der Waals surface area contributed by atoms with Gasteiger partial charge < -0.3 is 5.11 Å². The van der Waals surface area contributed by atoms with Crippen LogP contribution in [-0.4, -0.2) is 45.0 Å². The lowest BCUT2D eigenvalue weighted by atomic mass is 10.1. The first-order valence-corrected chi connectivity index (χ1v) is 5.78. The van der Waals surface area contributed by atoms with E-state index in [2.05, 4.69) is 5.10 Å². The van der Waals surface area contributed by atoms with Crippen LogP contribution in [0.5, 0.6) is 0 Å². The van der Waals surface area contributed by atoms with Gasteiger partial charge in [-0.1, -0.05) is 0 Å². The maximum atomic E-state index is 12.4. The molecule has 1 unspecified atom stereocenters. The number of halogens is 3. The van der Waals surface area contributed by atoms with Gasteiger partial charge in [0.15, 0.2) is 0 Å². The molecule has 108 valence electrons. The van der Waals surface area contributed by atoms with Crippen molar-refractivity contribution >= 4 is 5.97 Å². The van der Waals surface area contributed by atoms with Gasteiger partial charge in [-0.05, 0) is 13.8 Å². The van der Waals surface area contributed by atoms with Crippen molar-refractivity contribution in [3.05, 3.63) is 18.0 Å². The molecular weight excluding hydrogens is 263 g/mol. The lowest BCUT2D eigenvalue weighted by molar-refractivity contribution is -0.157. The molecule has 1 atom stereocenters. The fourth-order valence-electron chi connectivity index (χ4n) is 1.71. The van der Waals surface area contributed by atoms with E-state index in [0.717, 1.165) is 4.90 Å².